The van der Waals surface area contributed by atoms with E-state index in [9.17, 15) is 0 Å². The van der Waals surface area contributed by atoms with Crippen molar-refractivity contribution < 1.29 is 130 Å². The first kappa shape index (κ1) is 89.8. The van der Waals surface area contributed by atoms with Crippen LogP contribution in [-0.2, 0) is 130 Å². The molecule has 32 nitrogen and oxygen atoms in total. The minimum absolute atomic E-state index is 0. The van der Waals surface area contributed by atoms with Gasteiger partial charge in [0.1, 0.15) is 0 Å². The summed E-state index contributed by atoms with van der Waals surface area (Å²) in [5, 5.41) is 34.5. The largest absolute Gasteiger partial charge is 2.00 e. The van der Waals surface area contributed by atoms with Gasteiger partial charge < -0.3 is 114 Å². The predicted octanol–water partition coefficient (Wildman–Crippen LogP) is -0.132. The zero-order valence-electron chi connectivity index (χ0n) is 64.3. The SMILES string of the molecule is COCCOCCOC1CC2C3NC(NC4NC(NC5NC(NC6NC(N3)C3CC(OCCOCCOC)C(OCCOCCOC)CC63)C3CC(OCCOCCOC)C(OCCOCCOC)CC53)C3CC(OCCOCCOC)C(OCCOCCOC)CC43)C2CC1OCCOCCOC.[Ni+2]. The van der Waals surface area contributed by atoms with Crippen LogP contribution in [-0.4, -0.2) is 366 Å². The summed E-state index contributed by atoms with van der Waals surface area (Å²) in [5.74, 6) is 0.832. The van der Waals surface area contributed by atoms with E-state index in [1.807, 2.05) is 0 Å². The average molecular weight is 1560 g/mol. The molecular formula is C72H136N8NiO24+2. The third kappa shape index (κ3) is 28.9. The Labute approximate surface area is 635 Å². The van der Waals surface area contributed by atoms with Gasteiger partial charge in [-0.05, 0) is 98.7 Å². The quantitative estimate of drug-likeness (QED) is 0.0290. The first-order valence-corrected chi connectivity index (χ1v) is 38.9. The minimum Gasteiger partial charge on any atom is -0.382 e. The van der Waals surface area contributed by atoms with Gasteiger partial charge >= 0.3 is 16.5 Å². The smallest absolute Gasteiger partial charge is 0.382 e. The molecule has 0 aromatic carbocycles. The van der Waals surface area contributed by atoms with Crippen LogP contribution >= 0.6 is 0 Å². The van der Waals surface area contributed by atoms with Crippen LogP contribution in [0.25, 0.3) is 0 Å². The second-order valence-corrected chi connectivity index (χ2v) is 28.5. The van der Waals surface area contributed by atoms with Crippen molar-refractivity contribution in [3.8, 4) is 0 Å². The van der Waals surface area contributed by atoms with Crippen molar-refractivity contribution in [2.75, 3.05) is 268 Å². The second kappa shape index (κ2) is 52.6. The summed E-state index contributed by atoms with van der Waals surface area (Å²) in [6.07, 6.45) is 2.72. The van der Waals surface area contributed by atoms with Gasteiger partial charge in [-0.25, -0.2) is 0 Å². The van der Waals surface area contributed by atoms with Crippen molar-refractivity contribution in [2.24, 2.45) is 47.3 Å². The molecule has 0 aromatic heterocycles. The topological polar surface area (TPSA) is 318 Å². The molecule has 5 aliphatic heterocycles. The molecule has 9 fully saturated rings. The summed E-state index contributed by atoms with van der Waals surface area (Å²) in [6, 6.07) is 0. The van der Waals surface area contributed by atoms with Crippen molar-refractivity contribution in [1.82, 2.24) is 42.5 Å². The van der Waals surface area contributed by atoms with Crippen LogP contribution in [0.15, 0.2) is 0 Å². The van der Waals surface area contributed by atoms with E-state index >= 15 is 0 Å². The number of rotatable bonds is 56. The number of fused-ring (bicyclic) bond motifs is 20. The maximum absolute atomic E-state index is 6.92. The standard InChI is InChI=1S/C72H136N8O24.Ni/c1-81-9-17-89-25-33-97-57-41-49-50(42-58(57)98-34-26-90-18-10-82-2)66-73-65(49)77-67-51-43-59(99-35-27-91-19-11-83-3)60(100-36-28-92-20-12-84-4)44-52(51)69(74-67)79-71-55-47-63(103-39-31-95-23-15-87-7)64(104-40-32-96-24-16-88-8)48-56(55)72(76-71)80-70-54-46-62(102-38-30-94-22-14-86-6)61(45-53(54)68(75-70)78-66)101-37-29-93-21-13-85-5;/h49-80H,9-48H2,1-8H3;/q;+2. The summed E-state index contributed by atoms with van der Waals surface area (Å²) < 4.78 is 146. The summed E-state index contributed by atoms with van der Waals surface area (Å²) in [5.41, 5.74) is 0. The molecule has 8 bridgehead atoms. The van der Waals surface area contributed by atoms with E-state index in [2.05, 4.69) is 42.5 Å². The molecule has 0 radical (unpaired) electrons. The fraction of sp³-hybridized carbons (Fsp3) is 1.00. The molecule has 16 unspecified atom stereocenters. The van der Waals surface area contributed by atoms with Crippen LogP contribution < -0.4 is 42.5 Å². The molecule has 616 valence electrons. The Morgan fingerprint density at radius 1 is 0.162 bits per heavy atom. The number of ether oxygens (including phenoxy) is 24. The van der Waals surface area contributed by atoms with E-state index in [1.54, 1.807) is 56.9 Å². The van der Waals surface area contributed by atoms with Gasteiger partial charge in [0.05, 0.1) is 310 Å². The van der Waals surface area contributed by atoms with Crippen LogP contribution in [0.5, 0.6) is 0 Å². The molecule has 33 heteroatoms. The van der Waals surface area contributed by atoms with E-state index in [0.29, 0.717) is 211 Å². The number of nitrogens with one attached hydrogen (secondary N) is 8. The predicted molar refractivity (Wildman–Crippen MR) is 380 cm³/mol. The molecule has 4 aliphatic carbocycles. The van der Waals surface area contributed by atoms with Crippen LogP contribution in [0.1, 0.15) is 51.4 Å². The third-order valence-corrected chi connectivity index (χ3v) is 22.1. The Morgan fingerprint density at radius 3 is 0.371 bits per heavy atom. The van der Waals surface area contributed by atoms with Crippen LogP contribution in [0.2, 0.25) is 0 Å². The number of methoxy groups -OCH3 is 8. The Hall–Kier alpha value is -0.786. The van der Waals surface area contributed by atoms with Crippen LogP contribution in [0, 0.1) is 47.3 Å². The first-order valence-electron chi connectivity index (χ1n) is 38.9. The van der Waals surface area contributed by atoms with Gasteiger partial charge in [-0.15, -0.1) is 0 Å². The molecule has 9 rings (SSSR count). The molecule has 8 N–H and O–H groups in total. The van der Waals surface area contributed by atoms with Gasteiger partial charge in [-0.1, -0.05) is 0 Å². The molecule has 5 heterocycles. The van der Waals surface area contributed by atoms with E-state index in [4.69, 9.17) is 114 Å². The van der Waals surface area contributed by atoms with Crippen molar-refractivity contribution >= 4 is 0 Å². The Balaban J connectivity index is 0.0000139. The van der Waals surface area contributed by atoms with E-state index < -0.39 is 0 Å². The maximum Gasteiger partial charge on any atom is 2.00 e. The van der Waals surface area contributed by atoms with E-state index in [0.717, 1.165) is 51.4 Å². The van der Waals surface area contributed by atoms with Gasteiger partial charge in [0.25, 0.3) is 0 Å². The molecule has 9 aliphatic rings. The van der Waals surface area contributed by atoms with Gasteiger partial charge in [-0.3, -0.25) is 42.5 Å². The average Bonchev–Trinajstić information content (AvgIpc) is 1.60. The third-order valence-electron chi connectivity index (χ3n) is 22.1. The molecule has 105 heavy (non-hydrogen) atoms. The van der Waals surface area contributed by atoms with Crippen molar-refractivity contribution in [3.63, 3.8) is 0 Å². The normalized spacial score (nSPS) is 35.0. The zero-order chi connectivity index (χ0) is 72.8. The minimum atomic E-state index is -0.228. The van der Waals surface area contributed by atoms with Gasteiger partial charge in [-0.2, -0.15) is 0 Å². The number of hydrogen-bond donors (Lipinski definition) is 8. The molecule has 0 spiro atoms. The number of hydrogen-bond acceptors (Lipinski definition) is 32. The fourth-order valence-corrected chi connectivity index (χ4v) is 17.2. The fourth-order valence-electron chi connectivity index (χ4n) is 17.2. The monoisotopic (exact) mass is 1550 g/mol. The van der Waals surface area contributed by atoms with Crippen molar-refractivity contribution in [3.05, 3.63) is 0 Å². The second-order valence-electron chi connectivity index (χ2n) is 28.5. The van der Waals surface area contributed by atoms with Crippen LogP contribution in [0.4, 0.5) is 0 Å². The van der Waals surface area contributed by atoms with Crippen molar-refractivity contribution in [2.45, 2.75) is 150 Å². The van der Waals surface area contributed by atoms with Gasteiger partial charge in [0, 0.05) is 56.9 Å². The summed E-state index contributed by atoms with van der Waals surface area (Å²) >= 11 is 0. The maximum atomic E-state index is 6.92. The Morgan fingerprint density at radius 2 is 0.267 bits per heavy atom. The Kier molecular flexibility index (Phi) is 44.9. The first-order chi connectivity index (χ1) is 51.3. The van der Waals surface area contributed by atoms with Gasteiger partial charge in [0.2, 0.25) is 0 Å². The zero-order valence-corrected chi connectivity index (χ0v) is 65.2. The molecule has 0 aromatic rings. The Bertz CT molecular complexity index is 1770. The molecule has 16 atom stereocenters. The molecular weight excluding hydrogens is 1420 g/mol. The van der Waals surface area contributed by atoms with E-state index in [1.165, 1.54) is 0 Å². The van der Waals surface area contributed by atoms with Crippen molar-refractivity contribution in [1.29, 1.82) is 0 Å². The molecule has 4 saturated carbocycles. The summed E-state index contributed by atoms with van der Waals surface area (Å²) in [4.78, 5) is 0. The van der Waals surface area contributed by atoms with Gasteiger partial charge in [0.15, 0.2) is 0 Å². The molecule has 5 saturated heterocycles. The molecule has 0 amide bonds. The van der Waals surface area contributed by atoms with E-state index in [-0.39, 0.29) is 162 Å². The summed E-state index contributed by atoms with van der Waals surface area (Å²) in [6.45, 7) is 14.7. The summed E-state index contributed by atoms with van der Waals surface area (Å²) in [7, 11) is 13.5. The van der Waals surface area contributed by atoms with Crippen LogP contribution in [0.3, 0.4) is 0 Å².